The number of halogens is 2. The summed E-state index contributed by atoms with van der Waals surface area (Å²) < 4.78 is 38.0. The van der Waals surface area contributed by atoms with E-state index in [9.17, 15) is 18.7 Å². The van der Waals surface area contributed by atoms with Crippen LogP contribution in [0.25, 0.3) is 0 Å². The van der Waals surface area contributed by atoms with E-state index in [0.29, 0.717) is 5.56 Å². The zero-order valence-electron chi connectivity index (χ0n) is 12.4. The number of benzene rings is 1. The second kappa shape index (κ2) is 4.94. The third kappa shape index (κ3) is 2.09. The second-order valence-electron chi connectivity index (χ2n) is 5.86. The molecule has 1 fully saturated rings. The summed E-state index contributed by atoms with van der Waals surface area (Å²) in [6.45, 7) is 5.14. The molecule has 0 saturated carbocycles. The molecule has 116 valence electrons. The quantitative estimate of drug-likeness (QED) is 0.932. The van der Waals surface area contributed by atoms with E-state index in [4.69, 9.17) is 9.47 Å². The van der Waals surface area contributed by atoms with Gasteiger partial charge in [-0.05, 0) is 19.9 Å². The van der Waals surface area contributed by atoms with Crippen LogP contribution >= 0.6 is 0 Å². The van der Waals surface area contributed by atoms with Crippen LogP contribution in [0.1, 0.15) is 26.3 Å². The Labute approximate surface area is 121 Å². The first-order valence-corrected chi connectivity index (χ1v) is 6.56. The summed E-state index contributed by atoms with van der Waals surface area (Å²) in [5, 5.41) is 9.44. The molecule has 0 radical (unpaired) electrons. The van der Waals surface area contributed by atoms with E-state index in [2.05, 4.69) is 0 Å². The minimum atomic E-state index is -1.12. The maximum Gasteiger partial charge on any atom is 0.309 e. The van der Waals surface area contributed by atoms with Gasteiger partial charge in [-0.15, -0.1) is 0 Å². The fourth-order valence-corrected chi connectivity index (χ4v) is 3.00. The summed E-state index contributed by atoms with van der Waals surface area (Å²) in [4.78, 5) is 11.5. The Balaban J connectivity index is 2.72. The zero-order chi connectivity index (χ0) is 16.0. The lowest BCUT2D eigenvalue weighted by atomic mass is 9.64. The molecule has 1 aliphatic heterocycles. The van der Waals surface area contributed by atoms with Crippen LogP contribution in [0.15, 0.2) is 12.1 Å². The number of carboxylic acids is 1. The van der Waals surface area contributed by atoms with Gasteiger partial charge < -0.3 is 14.6 Å². The van der Waals surface area contributed by atoms with Gasteiger partial charge in [0.1, 0.15) is 0 Å². The Hall–Kier alpha value is -1.69. The molecule has 1 aromatic carbocycles. The normalized spacial score (nSPS) is 27.6. The summed E-state index contributed by atoms with van der Waals surface area (Å²) in [5.41, 5.74) is -1.63. The molecule has 6 heteroatoms. The molecule has 0 aromatic heterocycles. The molecule has 0 aliphatic carbocycles. The zero-order valence-corrected chi connectivity index (χ0v) is 12.4. The van der Waals surface area contributed by atoms with Crippen molar-refractivity contribution < 1.29 is 28.2 Å². The van der Waals surface area contributed by atoms with Gasteiger partial charge in [-0.2, -0.15) is 4.39 Å². The Morgan fingerprint density at radius 1 is 1.38 bits per heavy atom. The second-order valence-corrected chi connectivity index (χ2v) is 5.86. The number of carboxylic acid groups (broad SMARTS) is 1. The summed E-state index contributed by atoms with van der Waals surface area (Å²) in [6, 6.07) is 2.34. The lowest BCUT2D eigenvalue weighted by Gasteiger charge is -2.40. The predicted octanol–water partition coefficient (Wildman–Crippen LogP) is 2.74. The van der Waals surface area contributed by atoms with Gasteiger partial charge in [-0.3, -0.25) is 4.79 Å². The highest BCUT2D eigenvalue weighted by Gasteiger charge is 2.58. The molecule has 2 atom stereocenters. The Bertz CT molecular complexity index is 585. The molecule has 0 amide bonds. The van der Waals surface area contributed by atoms with Crippen LogP contribution in [0.4, 0.5) is 8.78 Å². The maximum atomic E-state index is 14.0. The number of hydrogen-bond acceptors (Lipinski definition) is 3. The highest BCUT2D eigenvalue weighted by Crippen LogP contribution is 2.52. The first-order valence-electron chi connectivity index (χ1n) is 6.56. The van der Waals surface area contributed by atoms with Gasteiger partial charge in [-0.25, -0.2) is 4.39 Å². The maximum absolute atomic E-state index is 14.0. The van der Waals surface area contributed by atoms with E-state index < -0.39 is 34.5 Å². The fraction of sp³-hybridized carbons (Fsp3) is 0.533. The van der Waals surface area contributed by atoms with Crippen molar-refractivity contribution in [3.63, 3.8) is 0 Å². The van der Waals surface area contributed by atoms with Gasteiger partial charge in [0, 0.05) is 11.0 Å². The standard InChI is InChI=1S/C15H18F2O4/c1-14(2)15(3,9(7-21-14)13(18)19)8-5-6-10(16)11(17)12(8)20-4/h5-6,9H,7H2,1-4H3,(H,18,19). The van der Waals surface area contributed by atoms with Crippen molar-refractivity contribution >= 4 is 5.97 Å². The van der Waals surface area contributed by atoms with Crippen molar-refractivity contribution in [2.75, 3.05) is 13.7 Å². The fourth-order valence-electron chi connectivity index (χ4n) is 3.00. The van der Waals surface area contributed by atoms with Crippen LogP contribution in [-0.4, -0.2) is 30.4 Å². The summed E-state index contributed by atoms with van der Waals surface area (Å²) >= 11 is 0. The van der Waals surface area contributed by atoms with Crippen molar-refractivity contribution in [1.82, 2.24) is 0 Å². The Morgan fingerprint density at radius 2 is 2.00 bits per heavy atom. The van der Waals surface area contributed by atoms with Crippen molar-refractivity contribution in [3.8, 4) is 5.75 Å². The van der Waals surface area contributed by atoms with Gasteiger partial charge in [-0.1, -0.05) is 13.0 Å². The number of aliphatic carboxylic acids is 1. The van der Waals surface area contributed by atoms with Crippen LogP contribution in [0.5, 0.6) is 5.75 Å². The minimum absolute atomic E-state index is 0.000975. The SMILES string of the molecule is COc1c(C2(C)C(C(=O)O)COC2(C)C)ccc(F)c1F. The summed E-state index contributed by atoms with van der Waals surface area (Å²) in [6.07, 6.45) is 0. The largest absolute Gasteiger partial charge is 0.493 e. The van der Waals surface area contributed by atoms with Gasteiger partial charge >= 0.3 is 5.97 Å². The number of ether oxygens (including phenoxy) is 2. The van der Waals surface area contributed by atoms with Gasteiger partial charge in [0.15, 0.2) is 11.6 Å². The van der Waals surface area contributed by atoms with E-state index in [0.717, 1.165) is 6.07 Å². The molecule has 21 heavy (non-hydrogen) atoms. The Kier molecular flexibility index (Phi) is 3.70. The molecule has 2 rings (SSSR count). The number of carbonyl (C=O) groups is 1. The van der Waals surface area contributed by atoms with Crippen molar-refractivity contribution in [2.24, 2.45) is 5.92 Å². The van der Waals surface area contributed by atoms with Gasteiger partial charge in [0.2, 0.25) is 5.82 Å². The van der Waals surface area contributed by atoms with Crippen LogP contribution in [0.2, 0.25) is 0 Å². The van der Waals surface area contributed by atoms with Gasteiger partial charge in [0.05, 0.1) is 25.2 Å². The predicted molar refractivity (Wildman–Crippen MR) is 71.4 cm³/mol. The summed E-state index contributed by atoms with van der Waals surface area (Å²) in [7, 11) is 1.23. The Morgan fingerprint density at radius 3 is 2.52 bits per heavy atom. The van der Waals surface area contributed by atoms with E-state index in [1.165, 1.54) is 13.2 Å². The van der Waals surface area contributed by atoms with Crippen molar-refractivity contribution in [1.29, 1.82) is 0 Å². The van der Waals surface area contributed by atoms with Crippen LogP contribution in [0.3, 0.4) is 0 Å². The van der Waals surface area contributed by atoms with E-state index in [1.54, 1.807) is 20.8 Å². The molecule has 1 heterocycles. The first kappa shape index (κ1) is 15.7. The molecule has 0 spiro atoms. The summed E-state index contributed by atoms with van der Waals surface area (Å²) in [5.74, 6) is -4.37. The smallest absolute Gasteiger partial charge is 0.309 e. The van der Waals surface area contributed by atoms with E-state index in [-0.39, 0.29) is 12.4 Å². The van der Waals surface area contributed by atoms with Gasteiger partial charge in [0.25, 0.3) is 0 Å². The average molecular weight is 300 g/mol. The first-order chi connectivity index (χ1) is 9.66. The van der Waals surface area contributed by atoms with Crippen LogP contribution in [-0.2, 0) is 14.9 Å². The van der Waals surface area contributed by atoms with Crippen LogP contribution in [0, 0.1) is 17.6 Å². The van der Waals surface area contributed by atoms with E-state index in [1.807, 2.05) is 0 Å². The average Bonchev–Trinajstić information content (AvgIpc) is 2.64. The highest BCUT2D eigenvalue weighted by molar-refractivity contribution is 5.74. The monoisotopic (exact) mass is 300 g/mol. The molecular formula is C15H18F2O4. The topological polar surface area (TPSA) is 55.8 Å². The lowest BCUT2D eigenvalue weighted by molar-refractivity contribution is -0.143. The van der Waals surface area contributed by atoms with Crippen molar-refractivity contribution in [2.45, 2.75) is 31.8 Å². The molecule has 2 unspecified atom stereocenters. The molecular weight excluding hydrogens is 282 g/mol. The highest BCUT2D eigenvalue weighted by atomic mass is 19.2. The molecule has 1 saturated heterocycles. The third-order valence-corrected chi connectivity index (χ3v) is 4.67. The third-order valence-electron chi connectivity index (χ3n) is 4.67. The molecule has 4 nitrogen and oxygen atoms in total. The number of methoxy groups -OCH3 is 1. The molecule has 1 aromatic rings. The van der Waals surface area contributed by atoms with Crippen LogP contribution < -0.4 is 4.74 Å². The minimum Gasteiger partial charge on any atom is -0.493 e. The molecule has 1 N–H and O–H groups in total. The van der Waals surface area contributed by atoms with E-state index >= 15 is 0 Å². The van der Waals surface area contributed by atoms with Crippen molar-refractivity contribution in [3.05, 3.63) is 29.3 Å². The lowest BCUT2D eigenvalue weighted by Crippen LogP contribution is -2.47. The number of rotatable bonds is 3. The molecule has 0 bridgehead atoms. The number of hydrogen-bond donors (Lipinski definition) is 1. The molecule has 1 aliphatic rings.